The van der Waals surface area contributed by atoms with Crippen LogP contribution >= 0.6 is 0 Å². The lowest BCUT2D eigenvalue weighted by atomic mass is 10.1. The fraction of sp³-hybridized carbons (Fsp3) is 0.259. The van der Waals surface area contributed by atoms with Crippen molar-refractivity contribution in [3.63, 3.8) is 0 Å². The van der Waals surface area contributed by atoms with E-state index in [0.29, 0.717) is 26.1 Å². The van der Waals surface area contributed by atoms with Crippen molar-refractivity contribution in [3.8, 4) is 5.75 Å². The zero-order chi connectivity index (χ0) is 23.5. The number of hydrogen-bond donors (Lipinski definition) is 0. The second kappa shape index (κ2) is 9.55. The Labute approximate surface area is 198 Å². The monoisotopic (exact) mass is 458 g/mol. The minimum Gasteiger partial charge on any atom is -0.497 e. The smallest absolute Gasteiger partial charge is 0.227 e. The van der Waals surface area contributed by atoms with E-state index in [9.17, 15) is 9.18 Å². The molecule has 0 unspecified atom stereocenters. The van der Waals surface area contributed by atoms with Gasteiger partial charge in [0.05, 0.1) is 30.9 Å². The Morgan fingerprint density at radius 1 is 0.941 bits per heavy atom. The fourth-order valence-electron chi connectivity index (χ4n) is 4.40. The summed E-state index contributed by atoms with van der Waals surface area (Å²) >= 11 is 0. The summed E-state index contributed by atoms with van der Waals surface area (Å²) in [4.78, 5) is 21.6. The Hall–Kier alpha value is -3.87. The molecule has 0 bridgehead atoms. The molecule has 0 N–H and O–H groups in total. The quantitative estimate of drug-likeness (QED) is 0.436. The number of nitrogens with zero attached hydrogens (tertiary/aromatic N) is 4. The molecular weight excluding hydrogens is 431 g/mol. The van der Waals surface area contributed by atoms with Gasteiger partial charge in [-0.1, -0.05) is 24.3 Å². The topological polar surface area (TPSA) is 50.6 Å². The van der Waals surface area contributed by atoms with E-state index in [1.807, 2.05) is 41.6 Å². The Morgan fingerprint density at radius 3 is 2.35 bits per heavy atom. The normalized spacial score (nSPS) is 13.9. The molecular formula is C27H27FN4O2. The van der Waals surface area contributed by atoms with Gasteiger partial charge in [-0.05, 0) is 53.6 Å². The van der Waals surface area contributed by atoms with Gasteiger partial charge in [0.25, 0.3) is 0 Å². The number of halogens is 1. The number of amides is 1. The molecule has 34 heavy (non-hydrogen) atoms. The van der Waals surface area contributed by atoms with Crippen LogP contribution in [0.2, 0.25) is 0 Å². The maximum Gasteiger partial charge on any atom is 0.227 e. The van der Waals surface area contributed by atoms with Gasteiger partial charge in [-0.2, -0.15) is 0 Å². The van der Waals surface area contributed by atoms with Crippen LogP contribution in [-0.2, 0) is 17.8 Å². The second-order valence-corrected chi connectivity index (χ2v) is 8.56. The van der Waals surface area contributed by atoms with Crippen molar-refractivity contribution in [2.45, 2.75) is 13.0 Å². The van der Waals surface area contributed by atoms with Crippen molar-refractivity contribution >= 4 is 22.6 Å². The number of fused-ring (bicyclic) bond motifs is 1. The van der Waals surface area contributed by atoms with Crippen molar-refractivity contribution < 1.29 is 13.9 Å². The average Bonchev–Trinajstić information content (AvgIpc) is 3.28. The molecule has 4 aromatic rings. The van der Waals surface area contributed by atoms with Crippen molar-refractivity contribution in [1.82, 2.24) is 14.5 Å². The summed E-state index contributed by atoms with van der Waals surface area (Å²) in [6, 6.07) is 20.5. The van der Waals surface area contributed by atoms with E-state index in [2.05, 4.69) is 26.6 Å². The second-order valence-electron chi connectivity index (χ2n) is 8.56. The van der Waals surface area contributed by atoms with Gasteiger partial charge in [-0.15, -0.1) is 0 Å². The number of ether oxygens (including phenoxy) is 1. The number of anilines is 1. The number of carbonyl (C=O) groups excluding carboxylic acids is 1. The molecule has 1 aliphatic heterocycles. The first kappa shape index (κ1) is 21.9. The predicted octanol–water partition coefficient (Wildman–Crippen LogP) is 4.12. The van der Waals surface area contributed by atoms with E-state index in [-0.39, 0.29) is 11.7 Å². The highest BCUT2D eigenvalue weighted by Gasteiger charge is 2.22. The molecule has 1 saturated heterocycles. The lowest BCUT2D eigenvalue weighted by molar-refractivity contribution is -0.130. The molecule has 174 valence electrons. The molecule has 6 nitrogen and oxygen atoms in total. The zero-order valence-electron chi connectivity index (χ0n) is 19.2. The SMILES string of the molecule is COc1ccc(CC(=O)N2CCN(c3ccc4ncn(Cc5ccc(F)cc5)c4c3)CC2)cc1. The summed E-state index contributed by atoms with van der Waals surface area (Å²) in [6.07, 6.45) is 2.23. The minimum absolute atomic E-state index is 0.151. The molecule has 0 aliphatic carbocycles. The first-order valence-corrected chi connectivity index (χ1v) is 11.4. The van der Waals surface area contributed by atoms with E-state index in [1.54, 1.807) is 19.2 Å². The van der Waals surface area contributed by atoms with Crippen LogP contribution in [0.25, 0.3) is 11.0 Å². The number of hydrogen-bond acceptors (Lipinski definition) is 4. The van der Waals surface area contributed by atoms with Gasteiger partial charge in [-0.25, -0.2) is 9.37 Å². The van der Waals surface area contributed by atoms with Crippen LogP contribution in [0.5, 0.6) is 5.75 Å². The number of rotatable bonds is 6. The van der Waals surface area contributed by atoms with E-state index in [0.717, 1.165) is 46.7 Å². The third kappa shape index (κ3) is 4.73. The predicted molar refractivity (Wildman–Crippen MR) is 131 cm³/mol. The first-order valence-electron chi connectivity index (χ1n) is 11.4. The van der Waals surface area contributed by atoms with Crippen LogP contribution in [0.15, 0.2) is 73.1 Å². The third-order valence-corrected chi connectivity index (χ3v) is 6.38. The van der Waals surface area contributed by atoms with E-state index < -0.39 is 0 Å². The molecule has 5 rings (SSSR count). The number of aromatic nitrogens is 2. The Kier molecular flexibility index (Phi) is 6.16. The summed E-state index contributed by atoms with van der Waals surface area (Å²) in [5.74, 6) is 0.710. The highest BCUT2D eigenvalue weighted by molar-refractivity contribution is 5.81. The van der Waals surface area contributed by atoms with Crippen molar-refractivity contribution in [3.05, 3.63) is 90.0 Å². The molecule has 1 aliphatic rings. The van der Waals surface area contributed by atoms with Crippen LogP contribution in [0.4, 0.5) is 10.1 Å². The van der Waals surface area contributed by atoms with Crippen LogP contribution < -0.4 is 9.64 Å². The van der Waals surface area contributed by atoms with Crippen LogP contribution in [0, 0.1) is 5.82 Å². The summed E-state index contributed by atoms with van der Waals surface area (Å²) in [5.41, 5.74) is 5.11. The van der Waals surface area contributed by atoms with Gasteiger partial charge in [0.15, 0.2) is 0 Å². The molecule has 0 atom stereocenters. The van der Waals surface area contributed by atoms with Gasteiger partial charge in [-0.3, -0.25) is 4.79 Å². The van der Waals surface area contributed by atoms with Gasteiger partial charge in [0, 0.05) is 38.4 Å². The number of imidazole rings is 1. The van der Waals surface area contributed by atoms with Crippen molar-refractivity contribution in [2.75, 3.05) is 38.2 Å². The number of methoxy groups -OCH3 is 1. The molecule has 3 aromatic carbocycles. The maximum atomic E-state index is 13.2. The number of carbonyl (C=O) groups is 1. The van der Waals surface area contributed by atoms with Gasteiger partial charge in [0.1, 0.15) is 11.6 Å². The van der Waals surface area contributed by atoms with Gasteiger partial charge >= 0.3 is 0 Å². The van der Waals surface area contributed by atoms with Crippen LogP contribution in [-0.4, -0.2) is 53.6 Å². The molecule has 0 spiro atoms. The summed E-state index contributed by atoms with van der Waals surface area (Å²) in [5, 5.41) is 0. The van der Waals surface area contributed by atoms with Crippen molar-refractivity contribution in [2.24, 2.45) is 0 Å². The third-order valence-electron chi connectivity index (χ3n) is 6.38. The Bertz CT molecular complexity index is 1280. The van der Waals surface area contributed by atoms with Crippen molar-refractivity contribution in [1.29, 1.82) is 0 Å². The van der Waals surface area contributed by atoms with E-state index in [1.165, 1.54) is 12.1 Å². The first-order chi connectivity index (χ1) is 16.6. The minimum atomic E-state index is -0.233. The summed E-state index contributed by atoms with van der Waals surface area (Å²) in [6.45, 7) is 3.59. The Balaban J connectivity index is 1.23. The fourth-order valence-corrected chi connectivity index (χ4v) is 4.40. The molecule has 1 amide bonds. The highest BCUT2D eigenvalue weighted by Crippen LogP contribution is 2.24. The highest BCUT2D eigenvalue weighted by atomic mass is 19.1. The average molecular weight is 459 g/mol. The maximum absolute atomic E-state index is 13.2. The molecule has 0 saturated carbocycles. The lowest BCUT2D eigenvalue weighted by Gasteiger charge is -2.36. The molecule has 0 radical (unpaired) electrons. The van der Waals surface area contributed by atoms with Gasteiger partial charge in [0.2, 0.25) is 5.91 Å². The Morgan fingerprint density at radius 2 is 1.65 bits per heavy atom. The molecule has 1 fully saturated rings. The number of piperazine rings is 1. The van der Waals surface area contributed by atoms with Gasteiger partial charge < -0.3 is 19.1 Å². The number of benzene rings is 3. The lowest BCUT2D eigenvalue weighted by Crippen LogP contribution is -2.49. The summed E-state index contributed by atoms with van der Waals surface area (Å²) < 4.78 is 20.5. The van der Waals surface area contributed by atoms with E-state index >= 15 is 0 Å². The largest absolute Gasteiger partial charge is 0.497 e. The van der Waals surface area contributed by atoms with Crippen LogP contribution in [0.1, 0.15) is 11.1 Å². The van der Waals surface area contributed by atoms with E-state index in [4.69, 9.17) is 4.74 Å². The summed E-state index contributed by atoms with van der Waals surface area (Å²) in [7, 11) is 1.64. The van der Waals surface area contributed by atoms with Crippen LogP contribution in [0.3, 0.4) is 0 Å². The molecule has 1 aromatic heterocycles. The standard InChI is InChI=1S/C27H27FN4O2/c1-34-24-9-4-20(5-10-24)16-27(33)31-14-12-30(13-15-31)23-8-11-25-26(17-23)32(19-29-25)18-21-2-6-22(28)7-3-21/h2-11,17,19H,12-16,18H2,1H3. The molecule has 7 heteroatoms. The zero-order valence-corrected chi connectivity index (χ0v) is 19.2. The molecule has 2 heterocycles.